The standard InChI is InChI=1S/C19H33N3O2/c1-6-15(5)22-19(20-7-2)21-13-12-16-10-11-17(23-8-3)18(14-16)24-9-4/h10-11,14-15H,6-9,12-13H2,1-5H3,(H2,20,21,22). The Morgan fingerprint density at radius 3 is 2.42 bits per heavy atom. The molecular weight excluding hydrogens is 302 g/mol. The van der Waals surface area contributed by atoms with E-state index in [1.165, 1.54) is 5.56 Å². The molecule has 1 aromatic carbocycles. The van der Waals surface area contributed by atoms with E-state index in [1.54, 1.807) is 0 Å². The largest absolute Gasteiger partial charge is 0.490 e. The van der Waals surface area contributed by atoms with Gasteiger partial charge in [-0.15, -0.1) is 0 Å². The molecular formula is C19H33N3O2. The monoisotopic (exact) mass is 335 g/mol. The number of nitrogens with zero attached hydrogens (tertiary/aromatic N) is 1. The van der Waals surface area contributed by atoms with Crippen molar-refractivity contribution in [3.63, 3.8) is 0 Å². The average Bonchev–Trinajstić information content (AvgIpc) is 2.57. The fraction of sp³-hybridized carbons (Fsp3) is 0.632. The average molecular weight is 335 g/mol. The van der Waals surface area contributed by atoms with Crippen LogP contribution < -0.4 is 20.1 Å². The second-order valence-electron chi connectivity index (χ2n) is 5.61. The number of ether oxygens (including phenoxy) is 2. The molecule has 1 atom stereocenters. The van der Waals surface area contributed by atoms with Crippen molar-refractivity contribution in [1.29, 1.82) is 0 Å². The van der Waals surface area contributed by atoms with Crippen molar-refractivity contribution >= 4 is 5.96 Å². The van der Waals surface area contributed by atoms with Crippen LogP contribution in [0.5, 0.6) is 11.5 Å². The topological polar surface area (TPSA) is 54.9 Å². The summed E-state index contributed by atoms with van der Waals surface area (Å²) in [5.41, 5.74) is 1.20. The van der Waals surface area contributed by atoms with Crippen molar-refractivity contribution in [3.05, 3.63) is 23.8 Å². The predicted octanol–water partition coefficient (Wildman–Crippen LogP) is 3.38. The predicted molar refractivity (Wildman–Crippen MR) is 101 cm³/mol. The maximum atomic E-state index is 5.68. The molecule has 0 fully saturated rings. The number of guanidine groups is 1. The number of benzene rings is 1. The Labute approximate surface area is 146 Å². The van der Waals surface area contributed by atoms with Crippen LogP contribution >= 0.6 is 0 Å². The summed E-state index contributed by atoms with van der Waals surface area (Å²) in [5.74, 6) is 2.49. The molecule has 1 unspecified atom stereocenters. The quantitative estimate of drug-likeness (QED) is 0.508. The van der Waals surface area contributed by atoms with E-state index in [4.69, 9.17) is 9.47 Å². The molecule has 0 radical (unpaired) electrons. The fourth-order valence-electron chi connectivity index (χ4n) is 2.20. The normalized spacial score (nSPS) is 12.6. The summed E-state index contributed by atoms with van der Waals surface area (Å²) < 4.78 is 11.3. The van der Waals surface area contributed by atoms with Gasteiger partial charge < -0.3 is 20.1 Å². The summed E-state index contributed by atoms with van der Waals surface area (Å²) in [6.45, 7) is 13.2. The molecule has 0 aliphatic carbocycles. The van der Waals surface area contributed by atoms with Crippen molar-refractivity contribution in [1.82, 2.24) is 10.6 Å². The van der Waals surface area contributed by atoms with Crippen LogP contribution in [0.3, 0.4) is 0 Å². The van der Waals surface area contributed by atoms with E-state index in [9.17, 15) is 0 Å². The molecule has 0 heterocycles. The van der Waals surface area contributed by atoms with E-state index < -0.39 is 0 Å². The van der Waals surface area contributed by atoms with Crippen LogP contribution in [0.15, 0.2) is 23.2 Å². The minimum absolute atomic E-state index is 0.415. The SMILES string of the molecule is CCNC(=NCCc1ccc(OCC)c(OCC)c1)NC(C)CC. The van der Waals surface area contributed by atoms with Gasteiger partial charge in [0.2, 0.25) is 0 Å². The molecule has 0 saturated carbocycles. The summed E-state index contributed by atoms with van der Waals surface area (Å²) >= 11 is 0. The molecule has 24 heavy (non-hydrogen) atoms. The Morgan fingerprint density at radius 1 is 1.08 bits per heavy atom. The van der Waals surface area contributed by atoms with Gasteiger partial charge in [-0.05, 0) is 58.2 Å². The van der Waals surface area contributed by atoms with Crippen LogP contribution in [0.25, 0.3) is 0 Å². The van der Waals surface area contributed by atoms with Crippen LogP contribution in [0.2, 0.25) is 0 Å². The van der Waals surface area contributed by atoms with Crippen molar-refractivity contribution in [2.24, 2.45) is 4.99 Å². The summed E-state index contributed by atoms with van der Waals surface area (Å²) in [6, 6.07) is 6.53. The van der Waals surface area contributed by atoms with Crippen molar-refractivity contribution in [2.75, 3.05) is 26.3 Å². The number of hydrogen-bond acceptors (Lipinski definition) is 3. The maximum Gasteiger partial charge on any atom is 0.191 e. The lowest BCUT2D eigenvalue weighted by Gasteiger charge is -2.16. The van der Waals surface area contributed by atoms with Gasteiger partial charge >= 0.3 is 0 Å². The molecule has 5 nitrogen and oxygen atoms in total. The Morgan fingerprint density at radius 2 is 1.79 bits per heavy atom. The highest BCUT2D eigenvalue weighted by atomic mass is 16.5. The number of nitrogens with one attached hydrogen (secondary N) is 2. The summed E-state index contributed by atoms with van der Waals surface area (Å²) in [5, 5.41) is 6.69. The third kappa shape index (κ3) is 7.11. The van der Waals surface area contributed by atoms with Crippen molar-refractivity contribution in [2.45, 2.75) is 53.5 Å². The van der Waals surface area contributed by atoms with Gasteiger partial charge in [0.25, 0.3) is 0 Å². The third-order valence-corrected chi connectivity index (χ3v) is 3.62. The smallest absolute Gasteiger partial charge is 0.191 e. The molecule has 0 aromatic heterocycles. The Balaban J connectivity index is 2.70. The van der Waals surface area contributed by atoms with E-state index in [-0.39, 0.29) is 0 Å². The summed E-state index contributed by atoms with van der Waals surface area (Å²) in [7, 11) is 0. The molecule has 1 aromatic rings. The highest BCUT2D eigenvalue weighted by Gasteiger charge is 2.06. The van der Waals surface area contributed by atoms with Crippen molar-refractivity contribution in [3.8, 4) is 11.5 Å². The van der Waals surface area contributed by atoms with Gasteiger partial charge in [-0.2, -0.15) is 0 Å². The Kier molecular flexibility index (Phi) is 9.73. The van der Waals surface area contributed by atoms with Crippen molar-refractivity contribution < 1.29 is 9.47 Å². The van der Waals surface area contributed by atoms with E-state index in [0.29, 0.717) is 19.3 Å². The molecule has 0 amide bonds. The van der Waals surface area contributed by atoms with Crippen LogP contribution in [-0.4, -0.2) is 38.3 Å². The lowest BCUT2D eigenvalue weighted by Crippen LogP contribution is -2.42. The number of aliphatic imine (C=N–C) groups is 1. The summed E-state index contributed by atoms with van der Waals surface area (Å²) in [4.78, 5) is 4.65. The minimum atomic E-state index is 0.415. The first-order chi connectivity index (χ1) is 11.6. The Bertz CT molecular complexity index is 503. The number of rotatable bonds is 10. The first-order valence-corrected chi connectivity index (χ1v) is 9.07. The summed E-state index contributed by atoms with van der Waals surface area (Å²) in [6.07, 6.45) is 1.94. The lowest BCUT2D eigenvalue weighted by molar-refractivity contribution is 0.287. The van der Waals surface area contributed by atoms with E-state index in [1.807, 2.05) is 19.9 Å². The van der Waals surface area contributed by atoms with Gasteiger partial charge in [0, 0.05) is 19.1 Å². The molecule has 0 aliphatic heterocycles. The molecule has 1 rings (SSSR count). The number of hydrogen-bond donors (Lipinski definition) is 2. The highest BCUT2D eigenvalue weighted by Crippen LogP contribution is 2.28. The van der Waals surface area contributed by atoms with Crippen LogP contribution in [0.1, 0.15) is 46.6 Å². The first-order valence-electron chi connectivity index (χ1n) is 9.07. The van der Waals surface area contributed by atoms with Gasteiger partial charge in [-0.25, -0.2) is 0 Å². The lowest BCUT2D eigenvalue weighted by atomic mass is 10.1. The fourth-order valence-corrected chi connectivity index (χ4v) is 2.20. The maximum absolute atomic E-state index is 5.68. The van der Waals surface area contributed by atoms with Gasteiger partial charge in [-0.1, -0.05) is 13.0 Å². The molecule has 5 heteroatoms. The second kappa shape index (κ2) is 11.6. The highest BCUT2D eigenvalue weighted by molar-refractivity contribution is 5.80. The minimum Gasteiger partial charge on any atom is -0.490 e. The third-order valence-electron chi connectivity index (χ3n) is 3.62. The first kappa shape index (κ1) is 20.1. The zero-order valence-electron chi connectivity index (χ0n) is 15.8. The molecule has 136 valence electrons. The van der Waals surface area contributed by atoms with Crippen LogP contribution in [0, 0.1) is 0 Å². The Hall–Kier alpha value is -1.91. The molecule has 0 bridgehead atoms. The molecule has 0 aliphatic rings. The zero-order chi connectivity index (χ0) is 17.8. The van der Waals surface area contributed by atoms with Crippen LogP contribution in [0.4, 0.5) is 0 Å². The van der Waals surface area contributed by atoms with E-state index in [0.717, 1.165) is 43.4 Å². The van der Waals surface area contributed by atoms with Gasteiger partial charge in [0.1, 0.15) is 0 Å². The van der Waals surface area contributed by atoms with E-state index in [2.05, 4.69) is 48.5 Å². The zero-order valence-corrected chi connectivity index (χ0v) is 15.8. The van der Waals surface area contributed by atoms with Gasteiger partial charge in [-0.3, -0.25) is 4.99 Å². The second-order valence-corrected chi connectivity index (χ2v) is 5.61. The molecule has 2 N–H and O–H groups in total. The van der Waals surface area contributed by atoms with Gasteiger partial charge in [0.05, 0.1) is 13.2 Å². The van der Waals surface area contributed by atoms with Gasteiger partial charge in [0.15, 0.2) is 17.5 Å². The van der Waals surface area contributed by atoms with E-state index >= 15 is 0 Å². The molecule has 0 spiro atoms. The molecule has 0 saturated heterocycles. The van der Waals surface area contributed by atoms with Crippen LogP contribution in [-0.2, 0) is 6.42 Å².